The molecule has 1 aromatic rings. The van der Waals surface area contributed by atoms with E-state index in [4.69, 9.17) is 5.11 Å². The summed E-state index contributed by atoms with van der Waals surface area (Å²) in [6.07, 6.45) is -3.13. The van der Waals surface area contributed by atoms with E-state index in [1.807, 2.05) is 0 Å². The fourth-order valence-corrected chi connectivity index (χ4v) is 1.21. The highest BCUT2D eigenvalue weighted by Gasteiger charge is 2.32. The van der Waals surface area contributed by atoms with Crippen LogP contribution in [0.25, 0.3) is 6.08 Å². The molecule has 0 heterocycles. The topological polar surface area (TPSA) is 63.6 Å². The normalized spacial score (nSPS) is 11.5. The first-order chi connectivity index (χ1) is 8.33. The average molecular weight is 260 g/mol. The smallest absolute Gasteiger partial charge is 0.478 e. The Labute approximate surface area is 99.3 Å². The molecule has 0 aliphatic heterocycles. The maximum Gasteiger partial charge on any atom is 0.573 e. The molecule has 1 aromatic carbocycles. The Kier molecular flexibility index (Phi) is 4.09. The minimum Gasteiger partial charge on any atom is -0.478 e. The van der Waals surface area contributed by atoms with E-state index in [9.17, 15) is 22.8 Å². The predicted octanol–water partition coefficient (Wildman–Crippen LogP) is 2.50. The Hall–Kier alpha value is -2.31. The number of aldehydes is 1. The summed E-state index contributed by atoms with van der Waals surface area (Å²) < 4.78 is 40.0. The van der Waals surface area contributed by atoms with Crippen LogP contribution in [0.3, 0.4) is 0 Å². The van der Waals surface area contributed by atoms with Gasteiger partial charge in [-0.05, 0) is 12.1 Å². The SMILES string of the molecule is O=Cc1cccc(OC(F)(F)F)c1/C=C/C(=O)O. The minimum atomic E-state index is -4.92. The van der Waals surface area contributed by atoms with Crippen LogP contribution in [-0.4, -0.2) is 23.7 Å². The van der Waals surface area contributed by atoms with Crippen molar-refractivity contribution < 1.29 is 32.6 Å². The number of aliphatic carboxylic acids is 1. The quantitative estimate of drug-likeness (QED) is 0.667. The number of benzene rings is 1. The van der Waals surface area contributed by atoms with Gasteiger partial charge >= 0.3 is 12.3 Å². The van der Waals surface area contributed by atoms with Crippen molar-refractivity contribution in [2.75, 3.05) is 0 Å². The molecule has 0 aliphatic carbocycles. The molecule has 18 heavy (non-hydrogen) atoms. The van der Waals surface area contributed by atoms with Crippen LogP contribution in [0.1, 0.15) is 15.9 Å². The number of carboxylic acids is 1. The first-order valence-electron chi connectivity index (χ1n) is 4.58. The maximum atomic E-state index is 12.1. The summed E-state index contributed by atoms with van der Waals surface area (Å²) in [7, 11) is 0. The third-order valence-electron chi connectivity index (χ3n) is 1.85. The lowest BCUT2D eigenvalue weighted by atomic mass is 10.1. The summed E-state index contributed by atoms with van der Waals surface area (Å²) in [5.74, 6) is -1.99. The van der Waals surface area contributed by atoms with E-state index >= 15 is 0 Å². The van der Waals surface area contributed by atoms with E-state index in [1.165, 1.54) is 12.1 Å². The molecule has 0 bridgehead atoms. The Balaban J connectivity index is 3.24. The highest BCUT2D eigenvalue weighted by Crippen LogP contribution is 2.29. The van der Waals surface area contributed by atoms with Crippen LogP contribution >= 0.6 is 0 Å². The molecule has 0 aliphatic rings. The number of alkyl halides is 3. The second-order valence-electron chi connectivity index (χ2n) is 3.10. The summed E-state index contributed by atoms with van der Waals surface area (Å²) >= 11 is 0. The van der Waals surface area contributed by atoms with Gasteiger partial charge in [0.25, 0.3) is 0 Å². The molecule has 0 amide bonds. The molecule has 0 saturated carbocycles. The number of halogens is 3. The molecule has 4 nitrogen and oxygen atoms in total. The number of ether oxygens (including phenoxy) is 1. The predicted molar refractivity (Wildman–Crippen MR) is 55.2 cm³/mol. The zero-order valence-electron chi connectivity index (χ0n) is 8.77. The number of carbonyl (C=O) groups is 2. The molecule has 0 atom stereocenters. The number of carboxylic acid groups (broad SMARTS) is 1. The Morgan fingerprint density at radius 1 is 1.33 bits per heavy atom. The third-order valence-corrected chi connectivity index (χ3v) is 1.85. The number of carbonyl (C=O) groups excluding carboxylic acids is 1. The first kappa shape index (κ1) is 13.8. The molecule has 0 unspecified atom stereocenters. The zero-order valence-corrected chi connectivity index (χ0v) is 8.77. The molecule has 96 valence electrons. The van der Waals surface area contributed by atoms with E-state index in [0.29, 0.717) is 12.4 Å². The second kappa shape index (κ2) is 5.35. The van der Waals surface area contributed by atoms with E-state index in [0.717, 1.165) is 12.1 Å². The lowest BCUT2D eigenvalue weighted by molar-refractivity contribution is -0.274. The third kappa shape index (κ3) is 3.93. The lowest BCUT2D eigenvalue weighted by Gasteiger charge is -2.12. The fraction of sp³-hybridized carbons (Fsp3) is 0.0909. The molecule has 0 radical (unpaired) electrons. The molecule has 1 rings (SSSR count). The molecule has 7 heteroatoms. The average Bonchev–Trinajstić information content (AvgIpc) is 2.24. The first-order valence-corrected chi connectivity index (χ1v) is 4.58. The molecule has 0 saturated heterocycles. The van der Waals surface area contributed by atoms with Gasteiger partial charge in [0, 0.05) is 17.2 Å². The van der Waals surface area contributed by atoms with E-state index in [1.54, 1.807) is 0 Å². The monoisotopic (exact) mass is 260 g/mol. The van der Waals surface area contributed by atoms with E-state index < -0.39 is 18.1 Å². The molecule has 0 fully saturated rings. The molecular weight excluding hydrogens is 253 g/mol. The summed E-state index contributed by atoms with van der Waals surface area (Å²) in [5, 5.41) is 8.42. The van der Waals surface area contributed by atoms with E-state index in [-0.39, 0.29) is 11.1 Å². The van der Waals surface area contributed by atoms with Crippen molar-refractivity contribution in [1.82, 2.24) is 0 Å². The summed E-state index contributed by atoms with van der Waals surface area (Å²) in [5.41, 5.74) is -0.346. The van der Waals surface area contributed by atoms with Crippen LogP contribution in [0.2, 0.25) is 0 Å². The van der Waals surface area contributed by atoms with Crippen LogP contribution < -0.4 is 4.74 Å². The minimum absolute atomic E-state index is 0.103. The van der Waals surface area contributed by atoms with Crippen molar-refractivity contribution in [2.24, 2.45) is 0 Å². The van der Waals surface area contributed by atoms with Crippen molar-refractivity contribution in [3.05, 3.63) is 35.4 Å². The standard InChI is InChI=1S/C11H7F3O4/c12-11(13,14)18-9-3-1-2-7(6-15)8(9)4-5-10(16)17/h1-6H,(H,16,17)/b5-4+. The van der Waals surface area contributed by atoms with Gasteiger partial charge in [-0.15, -0.1) is 13.2 Å². The van der Waals surface area contributed by atoms with Crippen LogP contribution in [0.4, 0.5) is 13.2 Å². The zero-order chi connectivity index (χ0) is 13.8. The molecule has 0 aromatic heterocycles. The summed E-state index contributed by atoms with van der Waals surface area (Å²) in [4.78, 5) is 21.0. The van der Waals surface area contributed by atoms with Crippen LogP contribution in [0, 0.1) is 0 Å². The summed E-state index contributed by atoms with van der Waals surface area (Å²) in [6.45, 7) is 0. The number of rotatable bonds is 4. The van der Waals surface area contributed by atoms with Crippen LogP contribution in [-0.2, 0) is 4.79 Å². The van der Waals surface area contributed by atoms with Crippen LogP contribution in [0.5, 0.6) is 5.75 Å². The van der Waals surface area contributed by atoms with Crippen LogP contribution in [0.15, 0.2) is 24.3 Å². The molecule has 1 N–H and O–H groups in total. The highest BCUT2D eigenvalue weighted by atomic mass is 19.4. The lowest BCUT2D eigenvalue weighted by Crippen LogP contribution is -2.18. The van der Waals surface area contributed by atoms with Gasteiger partial charge in [-0.1, -0.05) is 12.1 Å². The highest BCUT2D eigenvalue weighted by molar-refractivity contribution is 5.90. The van der Waals surface area contributed by atoms with Gasteiger partial charge in [0.05, 0.1) is 0 Å². The Morgan fingerprint density at radius 2 is 2.00 bits per heavy atom. The van der Waals surface area contributed by atoms with Crippen molar-refractivity contribution in [1.29, 1.82) is 0 Å². The van der Waals surface area contributed by atoms with Crippen molar-refractivity contribution in [2.45, 2.75) is 6.36 Å². The van der Waals surface area contributed by atoms with E-state index in [2.05, 4.69) is 4.74 Å². The van der Waals surface area contributed by atoms with Crippen molar-refractivity contribution >= 4 is 18.3 Å². The Morgan fingerprint density at radius 3 is 2.50 bits per heavy atom. The van der Waals surface area contributed by atoms with Gasteiger partial charge in [0.15, 0.2) is 6.29 Å². The molecule has 0 spiro atoms. The van der Waals surface area contributed by atoms with Gasteiger partial charge in [-0.25, -0.2) is 4.79 Å². The number of hydrogen-bond acceptors (Lipinski definition) is 3. The largest absolute Gasteiger partial charge is 0.573 e. The molecular formula is C11H7F3O4. The van der Waals surface area contributed by atoms with Crippen molar-refractivity contribution in [3.63, 3.8) is 0 Å². The van der Waals surface area contributed by atoms with Gasteiger partial charge in [0.2, 0.25) is 0 Å². The maximum absolute atomic E-state index is 12.1. The summed E-state index contributed by atoms with van der Waals surface area (Å²) in [6, 6.07) is 3.43. The van der Waals surface area contributed by atoms with Gasteiger partial charge in [-0.3, -0.25) is 4.79 Å². The van der Waals surface area contributed by atoms with Gasteiger partial charge in [0.1, 0.15) is 5.75 Å². The fourth-order valence-electron chi connectivity index (χ4n) is 1.21. The second-order valence-corrected chi connectivity index (χ2v) is 3.10. The van der Waals surface area contributed by atoms with Gasteiger partial charge in [-0.2, -0.15) is 0 Å². The number of hydrogen-bond donors (Lipinski definition) is 1. The van der Waals surface area contributed by atoms with Gasteiger partial charge < -0.3 is 9.84 Å². The Bertz CT molecular complexity index is 492. The van der Waals surface area contributed by atoms with Crippen molar-refractivity contribution in [3.8, 4) is 5.75 Å².